The van der Waals surface area contributed by atoms with Gasteiger partial charge >= 0.3 is 0 Å². The second-order valence-electron chi connectivity index (χ2n) is 6.55. The van der Waals surface area contributed by atoms with Crippen LogP contribution in [-0.2, 0) is 0 Å². The first-order valence-electron chi connectivity index (χ1n) is 6.83. The maximum absolute atomic E-state index is 2.30. The molecule has 2 saturated carbocycles. The van der Waals surface area contributed by atoms with E-state index in [1.807, 2.05) is 64.2 Å². The predicted octanol–water partition coefficient (Wildman–Crippen LogP) is 5.30. The van der Waals surface area contributed by atoms with Crippen LogP contribution in [0.25, 0.3) is 0 Å². The Morgan fingerprint density at radius 2 is 0.600 bits per heavy atom. The average molecular weight is 441 g/mol. The minimum Gasteiger partial charge on any atom is -0.111 e. The van der Waals surface area contributed by atoms with Gasteiger partial charge in [-0.05, 0) is 74.5 Å². The third kappa shape index (κ3) is 22.0. The molecule has 0 unspecified atom stereocenters. The van der Waals surface area contributed by atoms with Crippen molar-refractivity contribution >= 4 is 8.58 Å². The first-order chi connectivity index (χ1) is 8.71. The van der Waals surface area contributed by atoms with Gasteiger partial charge < -0.3 is 0 Å². The molecular weight excluding hydrogens is 412 g/mol. The van der Waals surface area contributed by atoms with Gasteiger partial charge in [0, 0.05) is 37.7 Å². The average Bonchev–Trinajstić information content (AvgIpc) is 2.93. The molecule has 2 fully saturated rings. The second-order valence-corrected chi connectivity index (χ2v) is 9.80. The van der Waals surface area contributed by atoms with Crippen molar-refractivity contribution < 1.29 is 37.7 Å². The fourth-order valence-electron chi connectivity index (χ4n) is 1.77. The van der Waals surface area contributed by atoms with Crippen molar-refractivity contribution in [2.24, 2.45) is 0 Å². The van der Waals surface area contributed by atoms with Crippen LogP contribution < -0.4 is 0 Å². The molecule has 0 spiro atoms. The van der Waals surface area contributed by atoms with E-state index in [2.05, 4.69) is 41.5 Å². The molecular formula is C18H29HoP. The van der Waals surface area contributed by atoms with Crippen molar-refractivity contribution in [2.75, 3.05) is 0 Å². The summed E-state index contributed by atoms with van der Waals surface area (Å²) in [6.07, 6.45) is 20.0. The van der Waals surface area contributed by atoms with Crippen LogP contribution in [-0.4, -0.2) is 10.3 Å². The summed E-state index contributed by atoms with van der Waals surface area (Å²) >= 11 is 0. The van der Waals surface area contributed by atoms with Gasteiger partial charge in [0.05, 0.1) is 0 Å². The van der Waals surface area contributed by atoms with E-state index in [1.165, 1.54) is 0 Å². The molecule has 0 amide bonds. The van der Waals surface area contributed by atoms with E-state index in [1.54, 1.807) is 0 Å². The van der Waals surface area contributed by atoms with Gasteiger partial charge in [0.25, 0.3) is 0 Å². The molecule has 0 saturated heterocycles. The Kier molecular flexibility index (Phi) is 15.8. The number of hydrogen-bond donors (Lipinski definition) is 0. The van der Waals surface area contributed by atoms with Crippen molar-refractivity contribution in [1.29, 1.82) is 0 Å². The molecule has 0 N–H and O–H groups in total. The van der Waals surface area contributed by atoms with Crippen LogP contribution in [0.2, 0.25) is 0 Å². The minimum atomic E-state index is 0. The first-order valence-corrected chi connectivity index (χ1v) is 7.83. The maximum Gasteiger partial charge on any atom is 0 e. The number of rotatable bonds is 0. The summed E-state index contributed by atoms with van der Waals surface area (Å²) in [5, 5.41) is 1.02. The molecule has 2 aliphatic carbocycles. The van der Waals surface area contributed by atoms with Gasteiger partial charge in [-0.15, -0.1) is 8.58 Å². The largest absolute Gasteiger partial charge is 0.111 e. The summed E-state index contributed by atoms with van der Waals surface area (Å²) in [4.78, 5) is 0. The molecule has 2 heteroatoms. The van der Waals surface area contributed by atoms with Crippen LogP contribution in [0.15, 0.2) is 0 Å². The summed E-state index contributed by atoms with van der Waals surface area (Å²) in [5.74, 6) is 0. The summed E-state index contributed by atoms with van der Waals surface area (Å²) in [6.45, 7) is 13.8. The summed E-state index contributed by atoms with van der Waals surface area (Å²) in [6, 6.07) is 0. The zero-order chi connectivity index (χ0) is 14.8. The Hall–Kier alpha value is 1.69. The maximum atomic E-state index is 2.30. The Morgan fingerprint density at radius 1 is 0.450 bits per heavy atom. The third-order valence-corrected chi connectivity index (χ3v) is 3.36. The minimum absolute atomic E-state index is 0. The molecule has 0 aromatic rings. The van der Waals surface area contributed by atoms with Gasteiger partial charge in [-0.2, -0.15) is 0 Å². The Morgan fingerprint density at radius 3 is 0.650 bits per heavy atom. The number of hydrogen-bond acceptors (Lipinski definition) is 0. The monoisotopic (exact) mass is 441 g/mol. The Balaban J connectivity index is 0. The van der Waals surface area contributed by atoms with Crippen molar-refractivity contribution in [2.45, 2.75) is 51.9 Å². The van der Waals surface area contributed by atoms with Crippen molar-refractivity contribution in [3.05, 3.63) is 64.2 Å². The van der Waals surface area contributed by atoms with Crippen LogP contribution >= 0.6 is 8.58 Å². The fourth-order valence-corrected chi connectivity index (χ4v) is 4.02. The second kappa shape index (κ2) is 13.2. The first kappa shape index (κ1) is 23.9. The van der Waals surface area contributed by atoms with Crippen LogP contribution in [0, 0.1) is 102 Å². The topological polar surface area (TPSA) is 0 Å². The molecule has 0 aliphatic heterocycles. The Labute approximate surface area is 161 Å². The van der Waals surface area contributed by atoms with E-state index in [9.17, 15) is 0 Å². The SMILES string of the molecule is CC(C)(C)PC(C)(C)C.[CH]1[CH][CH][CH][CH]1.[CH]1[CH][CH][CH][CH]1.[Ho]. The van der Waals surface area contributed by atoms with E-state index in [0.717, 1.165) is 8.58 Å². The van der Waals surface area contributed by atoms with Crippen LogP contribution in [0.1, 0.15) is 41.5 Å². The molecule has 2 rings (SSSR count). The fraction of sp³-hybridized carbons (Fsp3) is 0.444. The summed E-state index contributed by atoms with van der Waals surface area (Å²) in [7, 11) is 1.05. The van der Waals surface area contributed by atoms with E-state index in [-0.39, 0.29) is 37.7 Å². The van der Waals surface area contributed by atoms with Crippen LogP contribution in [0.3, 0.4) is 0 Å². The van der Waals surface area contributed by atoms with Crippen molar-refractivity contribution in [3.8, 4) is 0 Å². The zero-order valence-electron chi connectivity index (χ0n) is 13.6. The molecule has 0 bridgehead atoms. The third-order valence-electron chi connectivity index (χ3n) is 1.86. The van der Waals surface area contributed by atoms with Crippen LogP contribution in [0.5, 0.6) is 0 Å². The quantitative estimate of drug-likeness (QED) is 0.353. The normalized spacial score (nSPS) is 18.3. The van der Waals surface area contributed by atoms with E-state index < -0.39 is 0 Å². The van der Waals surface area contributed by atoms with Gasteiger partial charge in [-0.1, -0.05) is 41.5 Å². The van der Waals surface area contributed by atoms with E-state index in [0.29, 0.717) is 10.3 Å². The molecule has 0 atom stereocenters. The van der Waals surface area contributed by atoms with Gasteiger partial charge in [-0.3, -0.25) is 0 Å². The molecule has 117 valence electrons. The van der Waals surface area contributed by atoms with Crippen molar-refractivity contribution in [3.63, 3.8) is 0 Å². The van der Waals surface area contributed by atoms with E-state index >= 15 is 0 Å². The van der Waals surface area contributed by atoms with E-state index in [4.69, 9.17) is 0 Å². The van der Waals surface area contributed by atoms with Crippen LogP contribution in [0.4, 0.5) is 0 Å². The van der Waals surface area contributed by atoms with Gasteiger partial charge in [0.15, 0.2) is 0 Å². The summed E-state index contributed by atoms with van der Waals surface area (Å²) < 4.78 is 0. The molecule has 0 heterocycles. The molecule has 2 aliphatic rings. The van der Waals surface area contributed by atoms with Gasteiger partial charge in [0.2, 0.25) is 0 Å². The van der Waals surface area contributed by atoms with Gasteiger partial charge in [0.1, 0.15) is 0 Å². The smallest absolute Gasteiger partial charge is 0 e. The molecule has 11 radical (unpaired) electrons. The van der Waals surface area contributed by atoms with Crippen molar-refractivity contribution in [1.82, 2.24) is 0 Å². The Bertz CT molecular complexity index is 155. The molecule has 20 heavy (non-hydrogen) atoms. The molecule has 0 aromatic heterocycles. The predicted molar refractivity (Wildman–Crippen MR) is 90.8 cm³/mol. The standard InChI is InChI=1S/C8H19P.2C5H5.Ho/c1-7(2,3)9-8(4,5)6;2*1-2-4-5-3-1;/h9H,1-6H3;2*1-5H;. The molecule has 0 aromatic carbocycles. The molecule has 0 nitrogen and oxygen atoms in total. The summed E-state index contributed by atoms with van der Waals surface area (Å²) in [5.41, 5.74) is 0. The zero-order valence-corrected chi connectivity index (χ0v) is 16.5. The van der Waals surface area contributed by atoms with Gasteiger partial charge in [-0.25, -0.2) is 0 Å².